The summed E-state index contributed by atoms with van der Waals surface area (Å²) in [5.74, 6) is -4.62. The molecule has 0 spiro atoms. The van der Waals surface area contributed by atoms with Gasteiger partial charge in [-0.3, -0.25) is 19.2 Å². The second kappa shape index (κ2) is 12.2. The normalized spacial score (nSPS) is 18.1. The molecule has 2 rings (SSSR count). The van der Waals surface area contributed by atoms with Gasteiger partial charge in [0.2, 0.25) is 17.7 Å². The summed E-state index contributed by atoms with van der Waals surface area (Å²) < 4.78 is 0. The second-order valence-electron chi connectivity index (χ2n) is 7.73. The predicted molar refractivity (Wildman–Crippen MR) is 120 cm³/mol. The van der Waals surface area contributed by atoms with Gasteiger partial charge >= 0.3 is 11.9 Å². The van der Waals surface area contributed by atoms with Crippen molar-refractivity contribution in [1.29, 1.82) is 0 Å². The van der Waals surface area contributed by atoms with Crippen LogP contribution in [0.15, 0.2) is 30.3 Å². The monoisotopic (exact) mass is 480 g/mol. The molecule has 180 valence electrons. The Kier molecular flexibility index (Phi) is 9.67. The third-order valence-corrected chi connectivity index (χ3v) is 5.63. The Hall–Kier alpha value is -3.12. The molecule has 33 heavy (non-hydrogen) atoms. The number of likely N-dealkylation sites (tertiary alicyclic amines) is 1. The van der Waals surface area contributed by atoms with Crippen LogP contribution in [-0.4, -0.2) is 81.2 Å². The Labute approximate surface area is 196 Å². The maximum atomic E-state index is 13.2. The number of nitrogens with zero attached hydrogens (tertiary/aromatic N) is 1. The van der Waals surface area contributed by atoms with Gasteiger partial charge in [0.1, 0.15) is 18.1 Å². The molecule has 3 amide bonds. The lowest BCUT2D eigenvalue weighted by Crippen LogP contribution is -2.58. The lowest BCUT2D eigenvalue weighted by atomic mass is 10.0. The highest BCUT2D eigenvalue weighted by Gasteiger charge is 2.38. The molecule has 1 aliphatic heterocycles. The Bertz CT molecular complexity index is 883. The van der Waals surface area contributed by atoms with Crippen molar-refractivity contribution in [3.63, 3.8) is 0 Å². The topological polar surface area (TPSA) is 179 Å². The SMILES string of the molecule is NC(CC(=O)O)C(=O)NC(CS)C(=O)NC(Cc1ccccc1)C(=O)N1CCCC1C(=O)O. The standard InChI is InChI=1S/C21H28N4O7S/c22-13(10-17(26)27)18(28)24-15(11-33)19(29)23-14(9-12-5-2-1-3-6-12)20(30)25-8-4-7-16(25)21(31)32/h1-3,5-6,13-16,33H,4,7-11,22H2,(H,23,29)(H,24,28)(H,26,27)(H,31,32). The van der Waals surface area contributed by atoms with Gasteiger partial charge in [0.25, 0.3) is 0 Å². The van der Waals surface area contributed by atoms with E-state index in [-0.39, 0.29) is 18.7 Å². The van der Waals surface area contributed by atoms with Crippen molar-refractivity contribution in [2.24, 2.45) is 5.73 Å². The van der Waals surface area contributed by atoms with Crippen LogP contribution in [0, 0.1) is 0 Å². The van der Waals surface area contributed by atoms with Crippen LogP contribution in [0.1, 0.15) is 24.8 Å². The number of thiol groups is 1. The Balaban J connectivity index is 2.17. The van der Waals surface area contributed by atoms with Gasteiger partial charge in [-0.15, -0.1) is 0 Å². The molecular formula is C21H28N4O7S. The molecule has 1 aliphatic rings. The van der Waals surface area contributed by atoms with Gasteiger partial charge in [-0.25, -0.2) is 4.79 Å². The lowest BCUT2D eigenvalue weighted by molar-refractivity contribution is -0.149. The fourth-order valence-electron chi connectivity index (χ4n) is 3.56. The first kappa shape index (κ1) is 26.1. The van der Waals surface area contributed by atoms with E-state index in [0.717, 1.165) is 5.56 Å². The molecule has 4 atom stereocenters. The van der Waals surface area contributed by atoms with E-state index < -0.39 is 60.2 Å². The van der Waals surface area contributed by atoms with E-state index in [9.17, 15) is 29.1 Å². The van der Waals surface area contributed by atoms with Crippen molar-refractivity contribution in [3.8, 4) is 0 Å². The molecule has 1 heterocycles. The molecule has 0 bridgehead atoms. The van der Waals surface area contributed by atoms with E-state index in [2.05, 4.69) is 23.3 Å². The first-order valence-corrected chi connectivity index (χ1v) is 11.0. The number of rotatable bonds is 11. The van der Waals surface area contributed by atoms with Crippen LogP contribution in [-0.2, 0) is 30.4 Å². The fraction of sp³-hybridized carbons (Fsp3) is 0.476. The van der Waals surface area contributed by atoms with Gasteiger partial charge in [0.15, 0.2) is 0 Å². The molecule has 0 radical (unpaired) electrons. The molecule has 11 nitrogen and oxygen atoms in total. The lowest BCUT2D eigenvalue weighted by Gasteiger charge is -2.28. The molecule has 4 unspecified atom stereocenters. The second-order valence-corrected chi connectivity index (χ2v) is 8.09. The molecule has 12 heteroatoms. The first-order valence-electron chi connectivity index (χ1n) is 10.4. The van der Waals surface area contributed by atoms with E-state index >= 15 is 0 Å². The Morgan fingerprint density at radius 1 is 1.06 bits per heavy atom. The van der Waals surface area contributed by atoms with Crippen LogP contribution >= 0.6 is 12.6 Å². The van der Waals surface area contributed by atoms with Crippen LogP contribution in [0.25, 0.3) is 0 Å². The van der Waals surface area contributed by atoms with Gasteiger partial charge in [-0.2, -0.15) is 12.6 Å². The average molecular weight is 481 g/mol. The summed E-state index contributed by atoms with van der Waals surface area (Å²) >= 11 is 4.06. The van der Waals surface area contributed by atoms with Crippen molar-refractivity contribution >= 4 is 42.3 Å². The zero-order valence-electron chi connectivity index (χ0n) is 17.8. The van der Waals surface area contributed by atoms with Crippen molar-refractivity contribution < 1.29 is 34.2 Å². The molecule has 0 saturated carbocycles. The van der Waals surface area contributed by atoms with Crippen LogP contribution in [0.3, 0.4) is 0 Å². The number of amides is 3. The third-order valence-electron chi connectivity index (χ3n) is 5.27. The summed E-state index contributed by atoms with van der Waals surface area (Å²) in [5.41, 5.74) is 6.28. The number of nitrogens with one attached hydrogen (secondary N) is 2. The average Bonchev–Trinajstić information content (AvgIpc) is 3.26. The highest BCUT2D eigenvalue weighted by Crippen LogP contribution is 2.19. The zero-order chi connectivity index (χ0) is 24.5. The van der Waals surface area contributed by atoms with Crippen molar-refractivity contribution in [2.75, 3.05) is 12.3 Å². The number of hydrogen-bond donors (Lipinski definition) is 6. The molecule has 1 saturated heterocycles. The molecule has 1 aromatic rings. The van der Waals surface area contributed by atoms with Crippen molar-refractivity contribution in [1.82, 2.24) is 15.5 Å². The Morgan fingerprint density at radius 3 is 2.27 bits per heavy atom. The van der Waals surface area contributed by atoms with Crippen LogP contribution in [0.2, 0.25) is 0 Å². The number of carboxylic acid groups (broad SMARTS) is 2. The summed E-state index contributed by atoms with van der Waals surface area (Å²) in [4.78, 5) is 61.8. The van der Waals surface area contributed by atoms with Gasteiger partial charge in [0, 0.05) is 18.7 Å². The minimum atomic E-state index is -1.36. The summed E-state index contributed by atoms with van der Waals surface area (Å²) in [6, 6.07) is 4.30. The molecular weight excluding hydrogens is 452 g/mol. The number of carbonyl (C=O) groups is 5. The maximum absolute atomic E-state index is 13.2. The van der Waals surface area contributed by atoms with Crippen molar-refractivity contribution in [2.45, 2.75) is 49.9 Å². The number of nitrogens with two attached hydrogens (primary N) is 1. The molecule has 6 N–H and O–H groups in total. The van der Waals surface area contributed by atoms with E-state index in [4.69, 9.17) is 10.8 Å². The van der Waals surface area contributed by atoms with E-state index in [1.54, 1.807) is 30.3 Å². The summed E-state index contributed by atoms with van der Waals surface area (Å²) in [6.07, 6.45) is 0.350. The summed E-state index contributed by atoms with van der Waals surface area (Å²) in [5, 5.41) is 23.1. The molecule has 0 aromatic heterocycles. The van der Waals surface area contributed by atoms with Gasteiger partial charge in [-0.05, 0) is 18.4 Å². The van der Waals surface area contributed by atoms with Gasteiger partial charge in [0.05, 0.1) is 12.5 Å². The number of carbonyl (C=O) groups excluding carboxylic acids is 3. The van der Waals surface area contributed by atoms with Crippen LogP contribution < -0.4 is 16.4 Å². The van der Waals surface area contributed by atoms with Crippen LogP contribution in [0.5, 0.6) is 0 Å². The highest BCUT2D eigenvalue weighted by molar-refractivity contribution is 7.80. The molecule has 0 aliphatic carbocycles. The predicted octanol–water partition coefficient (Wildman–Crippen LogP) is -0.994. The van der Waals surface area contributed by atoms with Gasteiger partial charge < -0.3 is 31.5 Å². The number of carboxylic acids is 2. The highest BCUT2D eigenvalue weighted by atomic mass is 32.1. The first-order chi connectivity index (χ1) is 15.6. The maximum Gasteiger partial charge on any atom is 0.326 e. The number of aliphatic carboxylic acids is 2. The van der Waals surface area contributed by atoms with Gasteiger partial charge in [-0.1, -0.05) is 30.3 Å². The molecule has 1 fully saturated rings. The van der Waals surface area contributed by atoms with E-state index in [1.165, 1.54) is 4.90 Å². The van der Waals surface area contributed by atoms with E-state index in [1.807, 2.05) is 0 Å². The Morgan fingerprint density at radius 2 is 1.70 bits per heavy atom. The number of hydrogen-bond acceptors (Lipinski definition) is 7. The minimum absolute atomic E-state index is 0.111. The molecule has 1 aromatic carbocycles. The third kappa shape index (κ3) is 7.46. The minimum Gasteiger partial charge on any atom is -0.481 e. The summed E-state index contributed by atoms with van der Waals surface area (Å²) in [7, 11) is 0. The number of benzene rings is 1. The van der Waals surface area contributed by atoms with Crippen molar-refractivity contribution in [3.05, 3.63) is 35.9 Å². The fourth-order valence-corrected chi connectivity index (χ4v) is 3.82. The zero-order valence-corrected chi connectivity index (χ0v) is 18.7. The quantitative estimate of drug-likeness (QED) is 0.218. The largest absolute Gasteiger partial charge is 0.481 e. The smallest absolute Gasteiger partial charge is 0.326 e. The van der Waals surface area contributed by atoms with Crippen LogP contribution in [0.4, 0.5) is 0 Å². The summed E-state index contributed by atoms with van der Waals surface area (Å²) in [6.45, 7) is 0.258. The van der Waals surface area contributed by atoms with E-state index in [0.29, 0.717) is 12.8 Å².